The highest BCUT2D eigenvalue weighted by atomic mass is 16.3. The van der Waals surface area contributed by atoms with Crippen molar-refractivity contribution >= 4 is 5.91 Å². The average molecular weight is 236 g/mol. The fourth-order valence-electron chi connectivity index (χ4n) is 1.73. The smallest absolute Gasteiger partial charge is 0.228 e. The molecule has 0 bridgehead atoms. The molecule has 1 amide bonds. The Kier molecular flexibility index (Phi) is 5.10. The molecular formula is C13H20N2O2. The summed E-state index contributed by atoms with van der Waals surface area (Å²) in [5.41, 5.74) is 1.83. The molecule has 0 aliphatic rings. The minimum absolute atomic E-state index is 0.00881. The van der Waals surface area contributed by atoms with Gasteiger partial charge in [0.2, 0.25) is 5.91 Å². The molecule has 0 aliphatic heterocycles. The zero-order valence-corrected chi connectivity index (χ0v) is 10.7. The van der Waals surface area contributed by atoms with Gasteiger partial charge in [0.05, 0.1) is 18.7 Å². The molecule has 0 saturated carbocycles. The van der Waals surface area contributed by atoms with E-state index in [0.717, 1.165) is 11.3 Å². The second-order valence-corrected chi connectivity index (χ2v) is 4.35. The second kappa shape index (κ2) is 6.35. The Labute approximate surface area is 102 Å². The maximum absolute atomic E-state index is 12.1. The quantitative estimate of drug-likeness (QED) is 0.834. The van der Waals surface area contributed by atoms with E-state index in [4.69, 9.17) is 5.11 Å². The van der Waals surface area contributed by atoms with E-state index in [1.807, 2.05) is 32.9 Å². The maximum Gasteiger partial charge on any atom is 0.228 e. The number of hydrogen-bond donors (Lipinski definition) is 1. The van der Waals surface area contributed by atoms with Gasteiger partial charge in [-0.1, -0.05) is 6.07 Å². The van der Waals surface area contributed by atoms with Gasteiger partial charge in [-0.05, 0) is 32.4 Å². The van der Waals surface area contributed by atoms with Gasteiger partial charge in [-0.3, -0.25) is 9.78 Å². The predicted molar refractivity (Wildman–Crippen MR) is 66.6 cm³/mol. The molecule has 0 unspecified atom stereocenters. The van der Waals surface area contributed by atoms with Crippen molar-refractivity contribution in [3.8, 4) is 0 Å². The summed E-state index contributed by atoms with van der Waals surface area (Å²) < 4.78 is 0. The first-order chi connectivity index (χ1) is 8.06. The number of rotatable bonds is 5. The molecular weight excluding hydrogens is 216 g/mol. The minimum Gasteiger partial charge on any atom is -0.395 e. The van der Waals surface area contributed by atoms with Crippen molar-refractivity contribution in [2.75, 3.05) is 13.2 Å². The molecule has 1 heterocycles. The molecule has 0 aromatic carbocycles. The first-order valence-electron chi connectivity index (χ1n) is 5.87. The van der Waals surface area contributed by atoms with Crippen molar-refractivity contribution in [2.24, 2.45) is 0 Å². The third-order valence-electron chi connectivity index (χ3n) is 2.72. The van der Waals surface area contributed by atoms with Crippen LogP contribution < -0.4 is 0 Å². The van der Waals surface area contributed by atoms with Gasteiger partial charge in [-0.25, -0.2) is 0 Å². The molecule has 1 N–H and O–H groups in total. The Bertz CT molecular complexity index is 377. The Balaban J connectivity index is 2.73. The monoisotopic (exact) mass is 236 g/mol. The Hall–Kier alpha value is -1.42. The highest BCUT2D eigenvalue weighted by Gasteiger charge is 2.17. The van der Waals surface area contributed by atoms with Crippen molar-refractivity contribution < 1.29 is 9.90 Å². The van der Waals surface area contributed by atoms with Crippen molar-refractivity contribution in [1.82, 2.24) is 9.88 Å². The number of hydrogen-bond acceptors (Lipinski definition) is 3. The number of amides is 1. The lowest BCUT2D eigenvalue weighted by Gasteiger charge is -2.26. The van der Waals surface area contributed by atoms with Gasteiger partial charge < -0.3 is 10.0 Å². The predicted octanol–water partition coefficient (Wildman–Crippen LogP) is 1.16. The SMILES string of the molecule is Cc1cccnc1CC(=O)N(CCO)C(C)C. The van der Waals surface area contributed by atoms with Crippen LogP contribution in [0.4, 0.5) is 0 Å². The van der Waals surface area contributed by atoms with Gasteiger partial charge in [0.25, 0.3) is 0 Å². The fraction of sp³-hybridized carbons (Fsp3) is 0.538. The van der Waals surface area contributed by atoms with Gasteiger partial charge in [-0.2, -0.15) is 0 Å². The molecule has 1 rings (SSSR count). The molecule has 4 nitrogen and oxygen atoms in total. The summed E-state index contributed by atoms with van der Waals surface area (Å²) in [7, 11) is 0. The third-order valence-corrected chi connectivity index (χ3v) is 2.72. The van der Waals surface area contributed by atoms with E-state index in [1.54, 1.807) is 11.1 Å². The molecule has 1 aromatic rings. The van der Waals surface area contributed by atoms with E-state index in [1.165, 1.54) is 0 Å². The number of aliphatic hydroxyl groups is 1. The molecule has 0 radical (unpaired) electrons. The molecule has 4 heteroatoms. The zero-order valence-electron chi connectivity index (χ0n) is 10.7. The third kappa shape index (κ3) is 3.82. The summed E-state index contributed by atoms with van der Waals surface area (Å²) in [5.74, 6) is 0.0100. The van der Waals surface area contributed by atoms with Crippen LogP contribution in [0.25, 0.3) is 0 Å². The molecule has 0 spiro atoms. The lowest BCUT2D eigenvalue weighted by Crippen LogP contribution is -2.40. The highest BCUT2D eigenvalue weighted by Crippen LogP contribution is 2.08. The minimum atomic E-state index is -0.00881. The number of pyridine rings is 1. The maximum atomic E-state index is 12.1. The Morgan fingerprint density at radius 1 is 1.53 bits per heavy atom. The molecule has 0 saturated heterocycles. The van der Waals surface area contributed by atoms with Crippen LogP contribution in [0.1, 0.15) is 25.1 Å². The normalized spacial score (nSPS) is 10.6. The van der Waals surface area contributed by atoms with E-state index in [-0.39, 0.29) is 18.6 Å². The number of aryl methyl sites for hydroxylation is 1. The summed E-state index contributed by atoms with van der Waals surface area (Å²) in [5, 5.41) is 8.95. The summed E-state index contributed by atoms with van der Waals surface area (Å²) in [4.78, 5) is 18.0. The lowest BCUT2D eigenvalue weighted by molar-refractivity contribution is -0.132. The van der Waals surface area contributed by atoms with Crippen molar-refractivity contribution in [1.29, 1.82) is 0 Å². The molecule has 17 heavy (non-hydrogen) atoms. The summed E-state index contributed by atoms with van der Waals surface area (Å²) >= 11 is 0. The lowest BCUT2D eigenvalue weighted by atomic mass is 10.1. The molecule has 0 atom stereocenters. The molecule has 0 aliphatic carbocycles. The van der Waals surface area contributed by atoms with Gasteiger partial charge in [0.1, 0.15) is 0 Å². The van der Waals surface area contributed by atoms with E-state index < -0.39 is 0 Å². The van der Waals surface area contributed by atoms with Crippen LogP contribution in [-0.2, 0) is 11.2 Å². The van der Waals surface area contributed by atoms with E-state index >= 15 is 0 Å². The zero-order chi connectivity index (χ0) is 12.8. The first-order valence-corrected chi connectivity index (χ1v) is 5.87. The largest absolute Gasteiger partial charge is 0.395 e. The summed E-state index contributed by atoms with van der Waals surface area (Å²) in [6.07, 6.45) is 1.99. The number of aliphatic hydroxyl groups excluding tert-OH is 1. The van der Waals surface area contributed by atoms with Gasteiger partial charge in [0, 0.05) is 18.8 Å². The topological polar surface area (TPSA) is 53.4 Å². The Morgan fingerprint density at radius 3 is 2.76 bits per heavy atom. The number of aromatic nitrogens is 1. The summed E-state index contributed by atoms with van der Waals surface area (Å²) in [6, 6.07) is 3.90. The van der Waals surface area contributed by atoms with Crippen LogP contribution in [0.5, 0.6) is 0 Å². The van der Waals surface area contributed by atoms with E-state index in [0.29, 0.717) is 13.0 Å². The van der Waals surface area contributed by atoms with Crippen molar-refractivity contribution in [3.63, 3.8) is 0 Å². The van der Waals surface area contributed by atoms with Crippen LogP contribution in [-0.4, -0.2) is 40.1 Å². The van der Waals surface area contributed by atoms with Crippen LogP contribution in [0.3, 0.4) is 0 Å². The van der Waals surface area contributed by atoms with Crippen molar-refractivity contribution in [3.05, 3.63) is 29.6 Å². The summed E-state index contributed by atoms with van der Waals surface area (Å²) in [6.45, 7) is 6.20. The standard InChI is InChI=1S/C13H20N2O2/c1-10(2)15(7-8-16)13(17)9-12-11(3)5-4-6-14-12/h4-6,10,16H,7-9H2,1-3H3. The second-order valence-electron chi connectivity index (χ2n) is 4.35. The number of nitrogens with zero attached hydrogens (tertiary/aromatic N) is 2. The molecule has 94 valence electrons. The molecule has 0 fully saturated rings. The average Bonchev–Trinajstić information content (AvgIpc) is 2.28. The van der Waals surface area contributed by atoms with Gasteiger partial charge in [0.15, 0.2) is 0 Å². The van der Waals surface area contributed by atoms with E-state index in [2.05, 4.69) is 4.98 Å². The van der Waals surface area contributed by atoms with E-state index in [9.17, 15) is 4.79 Å². The van der Waals surface area contributed by atoms with Crippen molar-refractivity contribution in [2.45, 2.75) is 33.2 Å². The number of carbonyl (C=O) groups excluding carboxylic acids is 1. The van der Waals surface area contributed by atoms with Crippen LogP contribution >= 0.6 is 0 Å². The highest BCUT2D eigenvalue weighted by molar-refractivity contribution is 5.78. The fourth-order valence-corrected chi connectivity index (χ4v) is 1.73. The van der Waals surface area contributed by atoms with Crippen LogP contribution in [0.2, 0.25) is 0 Å². The Morgan fingerprint density at radius 2 is 2.24 bits per heavy atom. The van der Waals surface area contributed by atoms with Crippen LogP contribution in [0.15, 0.2) is 18.3 Å². The van der Waals surface area contributed by atoms with Crippen LogP contribution in [0, 0.1) is 6.92 Å². The first kappa shape index (κ1) is 13.6. The van der Waals surface area contributed by atoms with Gasteiger partial charge in [-0.15, -0.1) is 0 Å². The molecule has 1 aromatic heterocycles. The number of carbonyl (C=O) groups is 1. The van der Waals surface area contributed by atoms with Gasteiger partial charge >= 0.3 is 0 Å².